The lowest BCUT2D eigenvalue weighted by atomic mass is 9.89. The molecule has 0 saturated carbocycles. The molecular weight excluding hydrogens is 435 g/mol. The fraction of sp³-hybridized carbons (Fsp3) is 0.444. The van der Waals surface area contributed by atoms with Gasteiger partial charge in [0.25, 0.3) is 0 Å². The van der Waals surface area contributed by atoms with Crippen molar-refractivity contribution in [2.24, 2.45) is 0 Å². The van der Waals surface area contributed by atoms with Crippen molar-refractivity contribution in [3.05, 3.63) is 59.4 Å². The third kappa shape index (κ3) is 6.05. The van der Waals surface area contributed by atoms with Crippen LogP contribution in [0.2, 0.25) is 0 Å². The van der Waals surface area contributed by atoms with Gasteiger partial charge in [-0.25, -0.2) is 14.1 Å². The molecule has 2 aromatic carbocycles. The van der Waals surface area contributed by atoms with Gasteiger partial charge in [0.1, 0.15) is 5.82 Å². The molecule has 0 saturated heterocycles. The van der Waals surface area contributed by atoms with Crippen LogP contribution in [0.15, 0.2) is 42.5 Å². The number of nitrogens with zero attached hydrogens (tertiary/aromatic N) is 1. The van der Waals surface area contributed by atoms with Crippen LogP contribution in [0.25, 0.3) is 0 Å². The van der Waals surface area contributed by atoms with Crippen molar-refractivity contribution in [1.29, 1.82) is 0 Å². The van der Waals surface area contributed by atoms with E-state index in [1.165, 1.54) is 44.2 Å². The lowest BCUT2D eigenvalue weighted by molar-refractivity contribution is -0.118. The first-order valence-corrected chi connectivity index (χ1v) is 12.4. The Morgan fingerprint density at radius 2 is 1.64 bits per heavy atom. The van der Waals surface area contributed by atoms with Crippen molar-refractivity contribution >= 4 is 40.4 Å². The Kier molecular flexibility index (Phi) is 9.12. The van der Waals surface area contributed by atoms with E-state index in [0.29, 0.717) is 28.2 Å². The number of hydrogen-bond acceptors (Lipinski definition) is 3. The largest absolute Gasteiger partial charge is 0.333 e. The van der Waals surface area contributed by atoms with Gasteiger partial charge >= 0.3 is 6.03 Å². The number of hydrogen-bond donors (Lipinski definition) is 1. The summed E-state index contributed by atoms with van der Waals surface area (Å²) in [4.78, 5) is 28.0. The quantitative estimate of drug-likeness (QED) is 0.208. The molecule has 0 aromatic heterocycles. The summed E-state index contributed by atoms with van der Waals surface area (Å²) in [7, 11) is 0. The van der Waals surface area contributed by atoms with E-state index in [1.54, 1.807) is 19.1 Å². The van der Waals surface area contributed by atoms with Gasteiger partial charge in [-0.3, -0.25) is 4.79 Å². The third-order valence-electron chi connectivity index (χ3n) is 6.21. The van der Waals surface area contributed by atoms with E-state index in [0.717, 1.165) is 24.2 Å². The lowest BCUT2D eigenvalue weighted by Crippen LogP contribution is -2.38. The maximum absolute atomic E-state index is 14.7. The lowest BCUT2D eigenvalue weighted by Gasteiger charge is -2.17. The molecule has 0 radical (unpaired) electrons. The van der Waals surface area contributed by atoms with Crippen molar-refractivity contribution in [1.82, 2.24) is 0 Å². The van der Waals surface area contributed by atoms with Crippen molar-refractivity contribution < 1.29 is 14.0 Å². The van der Waals surface area contributed by atoms with Gasteiger partial charge in [0, 0.05) is 21.7 Å². The van der Waals surface area contributed by atoms with Gasteiger partial charge < -0.3 is 5.32 Å². The van der Waals surface area contributed by atoms with Crippen LogP contribution < -0.4 is 10.2 Å². The van der Waals surface area contributed by atoms with Crippen LogP contribution in [0.5, 0.6) is 0 Å². The van der Waals surface area contributed by atoms with Crippen LogP contribution in [0, 0.1) is 5.82 Å². The Labute approximate surface area is 201 Å². The molecule has 176 valence electrons. The van der Waals surface area contributed by atoms with Crippen LogP contribution in [-0.4, -0.2) is 16.8 Å². The number of fused-ring (bicyclic) bond motifs is 1. The molecule has 3 rings (SSSR count). The first-order valence-electron chi connectivity index (χ1n) is 12.0. The molecule has 0 bridgehead atoms. The molecule has 0 aliphatic carbocycles. The van der Waals surface area contributed by atoms with E-state index in [1.807, 2.05) is 18.2 Å². The zero-order valence-corrected chi connectivity index (χ0v) is 20.3. The Balaban J connectivity index is 1.77. The van der Waals surface area contributed by atoms with Crippen LogP contribution in [0.4, 0.5) is 20.6 Å². The van der Waals surface area contributed by atoms with Crippen LogP contribution in [-0.2, 0) is 4.79 Å². The first kappa shape index (κ1) is 25.0. The molecule has 2 aromatic rings. The van der Waals surface area contributed by atoms with E-state index in [-0.39, 0.29) is 11.5 Å². The molecule has 1 N–H and O–H groups in total. The van der Waals surface area contributed by atoms with Crippen LogP contribution in [0.3, 0.4) is 0 Å². The summed E-state index contributed by atoms with van der Waals surface area (Å²) < 4.78 is 14.7. The van der Waals surface area contributed by atoms with Crippen LogP contribution >= 0.6 is 12.2 Å². The molecular formula is C27H33FN2O2S. The number of benzene rings is 2. The predicted octanol–water partition coefficient (Wildman–Crippen LogP) is 7.76. The molecule has 0 spiro atoms. The number of nitrogens with one attached hydrogen (secondary N) is 1. The van der Waals surface area contributed by atoms with Gasteiger partial charge in [0.15, 0.2) is 0 Å². The minimum Gasteiger partial charge on any atom is -0.307 e. The standard InChI is InChI=1S/C27H33FN2O2S/c1-3-4-5-6-7-8-9-13-16-21-25-23(18-17-22(28)24(25)19(2)33)30(26(21)31)27(32)29-20-14-11-10-12-15-20/h10-12,14-15,17-18,21H,3-9,13,16H2,1-2H3,(H,29,32). The third-order valence-corrected chi connectivity index (χ3v) is 6.41. The van der Waals surface area contributed by atoms with Crippen LogP contribution in [0.1, 0.15) is 88.7 Å². The number of urea groups is 1. The molecule has 4 nitrogen and oxygen atoms in total. The smallest absolute Gasteiger partial charge is 0.307 e. The second-order valence-electron chi connectivity index (χ2n) is 8.70. The van der Waals surface area contributed by atoms with E-state index in [4.69, 9.17) is 12.2 Å². The van der Waals surface area contributed by atoms with Crippen molar-refractivity contribution in [3.8, 4) is 0 Å². The van der Waals surface area contributed by atoms with Gasteiger partial charge in [-0.15, -0.1) is 0 Å². The van der Waals surface area contributed by atoms with E-state index in [2.05, 4.69) is 12.2 Å². The van der Waals surface area contributed by atoms with E-state index >= 15 is 0 Å². The fourth-order valence-electron chi connectivity index (χ4n) is 4.55. The zero-order valence-electron chi connectivity index (χ0n) is 19.5. The molecule has 1 aliphatic heterocycles. The molecule has 6 heteroatoms. The zero-order chi connectivity index (χ0) is 23.8. The Morgan fingerprint density at radius 3 is 2.27 bits per heavy atom. The summed E-state index contributed by atoms with van der Waals surface area (Å²) in [6.45, 7) is 3.87. The van der Waals surface area contributed by atoms with Gasteiger partial charge in [0.2, 0.25) is 5.91 Å². The maximum atomic E-state index is 14.7. The Bertz CT molecular complexity index is 993. The van der Waals surface area contributed by atoms with Gasteiger partial charge in [-0.2, -0.15) is 0 Å². The number of rotatable bonds is 11. The maximum Gasteiger partial charge on any atom is 0.333 e. The fourth-order valence-corrected chi connectivity index (χ4v) is 4.75. The number of para-hydroxylation sites is 1. The number of imide groups is 1. The highest BCUT2D eigenvalue weighted by Crippen LogP contribution is 2.43. The number of carbonyl (C=O) groups excluding carboxylic acids is 2. The summed E-state index contributed by atoms with van der Waals surface area (Å²) >= 11 is 5.33. The van der Waals surface area contributed by atoms with Gasteiger partial charge in [-0.05, 0) is 37.6 Å². The number of carbonyl (C=O) groups is 2. The van der Waals surface area contributed by atoms with Crippen molar-refractivity contribution in [2.45, 2.75) is 77.6 Å². The summed E-state index contributed by atoms with van der Waals surface area (Å²) in [6.07, 6.45) is 9.79. The summed E-state index contributed by atoms with van der Waals surface area (Å²) in [6, 6.07) is 11.3. The number of unbranched alkanes of at least 4 members (excludes halogenated alkanes) is 7. The number of halogens is 1. The second kappa shape index (κ2) is 12.0. The van der Waals surface area contributed by atoms with Gasteiger partial charge in [0.05, 0.1) is 11.6 Å². The molecule has 1 unspecified atom stereocenters. The topological polar surface area (TPSA) is 49.4 Å². The van der Waals surface area contributed by atoms with Crippen molar-refractivity contribution in [2.75, 3.05) is 10.2 Å². The SMILES string of the molecule is CCCCCCCCCCC1C(=O)N(C(=O)Nc2ccccc2)c2ccc(F)c(C(C)=S)c21. The summed E-state index contributed by atoms with van der Waals surface area (Å²) in [5, 5.41) is 2.78. The highest BCUT2D eigenvalue weighted by Gasteiger charge is 2.43. The highest BCUT2D eigenvalue weighted by atomic mass is 32.1. The summed E-state index contributed by atoms with van der Waals surface area (Å²) in [5.74, 6) is -1.32. The average molecular weight is 469 g/mol. The Morgan fingerprint density at radius 1 is 1.00 bits per heavy atom. The van der Waals surface area contributed by atoms with E-state index < -0.39 is 17.8 Å². The van der Waals surface area contributed by atoms with Gasteiger partial charge in [-0.1, -0.05) is 88.7 Å². The molecule has 3 amide bonds. The van der Waals surface area contributed by atoms with Crippen molar-refractivity contribution in [3.63, 3.8) is 0 Å². The minimum absolute atomic E-state index is 0.287. The minimum atomic E-state index is -0.565. The molecule has 1 heterocycles. The molecule has 0 fully saturated rings. The summed E-state index contributed by atoms with van der Waals surface area (Å²) in [5.41, 5.74) is 1.87. The number of thiocarbonyl (C=S) groups is 1. The predicted molar refractivity (Wildman–Crippen MR) is 137 cm³/mol. The number of anilines is 2. The first-order chi connectivity index (χ1) is 16.0. The Hall–Kier alpha value is -2.60. The average Bonchev–Trinajstić information content (AvgIpc) is 3.07. The second-order valence-corrected chi connectivity index (χ2v) is 9.31. The monoisotopic (exact) mass is 468 g/mol. The molecule has 1 aliphatic rings. The highest BCUT2D eigenvalue weighted by molar-refractivity contribution is 7.80. The van der Waals surface area contributed by atoms with E-state index in [9.17, 15) is 14.0 Å². The molecule has 33 heavy (non-hydrogen) atoms. The molecule has 1 atom stereocenters. The normalized spacial score (nSPS) is 14.9. The number of amides is 3.